The smallest absolute Gasteiger partial charge is 0.247 e. The van der Waals surface area contributed by atoms with Gasteiger partial charge >= 0.3 is 0 Å². The van der Waals surface area contributed by atoms with Gasteiger partial charge in [0.25, 0.3) is 0 Å². The van der Waals surface area contributed by atoms with E-state index in [1.165, 1.54) is 0 Å². The van der Waals surface area contributed by atoms with Gasteiger partial charge in [0.1, 0.15) is 6.04 Å². The molecule has 21 heavy (non-hydrogen) atoms. The van der Waals surface area contributed by atoms with E-state index >= 15 is 0 Å². The summed E-state index contributed by atoms with van der Waals surface area (Å²) in [6.07, 6.45) is 3.35. The van der Waals surface area contributed by atoms with Crippen LogP contribution in [0.1, 0.15) is 29.9 Å². The third kappa shape index (κ3) is 2.95. The van der Waals surface area contributed by atoms with E-state index in [1.54, 1.807) is 33.7 Å². The van der Waals surface area contributed by atoms with Crippen molar-refractivity contribution in [3.63, 3.8) is 0 Å². The molecule has 7 heteroatoms. The van der Waals surface area contributed by atoms with Gasteiger partial charge in [0, 0.05) is 31.9 Å². The third-order valence-electron chi connectivity index (χ3n) is 3.83. The molecule has 2 rings (SSSR count). The maximum Gasteiger partial charge on any atom is 0.247 e. The van der Waals surface area contributed by atoms with Gasteiger partial charge < -0.3 is 4.90 Å². The SMILES string of the molecule is Cc1c(CN(C)C(=O)C(C)n2ncc(Cl)c2C)cnn1C. The fraction of sp³-hybridized carbons (Fsp3) is 0.500. The summed E-state index contributed by atoms with van der Waals surface area (Å²) in [5.74, 6) is -0.0129. The molecule has 0 saturated carbocycles. The molecule has 0 aromatic carbocycles. The standard InChI is InChI=1S/C14H20ClN5O/c1-9-12(6-16-19(9)5)8-18(4)14(21)11(3)20-10(2)13(15)7-17-20/h6-7,11H,8H2,1-5H3. The highest BCUT2D eigenvalue weighted by Gasteiger charge is 2.22. The van der Waals surface area contributed by atoms with Crippen LogP contribution in [0.3, 0.4) is 0 Å². The second-order valence-electron chi connectivity index (χ2n) is 5.27. The maximum atomic E-state index is 12.5. The first-order valence-electron chi connectivity index (χ1n) is 6.75. The van der Waals surface area contributed by atoms with Crippen LogP contribution in [0.5, 0.6) is 0 Å². The van der Waals surface area contributed by atoms with Crippen LogP contribution >= 0.6 is 11.6 Å². The first kappa shape index (κ1) is 15.6. The van der Waals surface area contributed by atoms with Gasteiger partial charge in [0.05, 0.1) is 23.1 Å². The van der Waals surface area contributed by atoms with E-state index in [0.717, 1.165) is 17.0 Å². The molecule has 0 spiro atoms. The number of carbonyl (C=O) groups is 1. The van der Waals surface area contributed by atoms with Gasteiger partial charge in [0.15, 0.2) is 0 Å². The largest absolute Gasteiger partial charge is 0.339 e. The summed E-state index contributed by atoms with van der Waals surface area (Å²) in [5.41, 5.74) is 2.89. The highest BCUT2D eigenvalue weighted by Crippen LogP contribution is 2.19. The molecular weight excluding hydrogens is 290 g/mol. The Morgan fingerprint density at radius 2 is 2.00 bits per heavy atom. The molecule has 0 saturated heterocycles. The summed E-state index contributed by atoms with van der Waals surface area (Å²) in [6, 6.07) is -0.389. The van der Waals surface area contributed by atoms with Crippen molar-refractivity contribution >= 4 is 17.5 Å². The van der Waals surface area contributed by atoms with Gasteiger partial charge in [-0.05, 0) is 20.8 Å². The first-order chi connectivity index (χ1) is 9.82. The van der Waals surface area contributed by atoms with Gasteiger partial charge in [-0.15, -0.1) is 0 Å². The molecule has 1 unspecified atom stereocenters. The number of amides is 1. The van der Waals surface area contributed by atoms with Crippen molar-refractivity contribution in [3.8, 4) is 0 Å². The maximum absolute atomic E-state index is 12.5. The average Bonchev–Trinajstić information content (AvgIpc) is 2.95. The zero-order valence-electron chi connectivity index (χ0n) is 13.0. The summed E-state index contributed by atoms with van der Waals surface area (Å²) < 4.78 is 3.45. The molecule has 114 valence electrons. The Kier molecular flexibility index (Phi) is 4.37. The second-order valence-corrected chi connectivity index (χ2v) is 5.68. The Bertz CT molecular complexity index is 660. The quantitative estimate of drug-likeness (QED) is 0.869. The normalized spacial score (nSPS) is 12.5. The van der Waals surface area contributed by atoms with Crippen molar-refractivity contribution in [3.05, 3.63) is 34.4 Å². The summed E-state index contributed by atoms with van der Waals surface area (Å²) >= 11 is 5.99. The number of nitrogens with zero attached hydrogens (tertiary/aromatic N) is 5. The molecule has 1 amide bonds. The van der Waals surface area contributed by atoms with E-state index < -0.39 is 0 Å². The lowest BCUT2D eigenvalue weighted by molar-refractivity contribution is -0.133. The Hall–Kier alpha value is -1.82. The van der Waals surface area contributed by atoms with E-state index in [-0.39, 0.29) is 11.9 Å². The number of likely N-dealkylation sites (N-methyl/N-ethyl adjacent to an activating group) is 1. The summed E-state index contributed by atoms with van der Waals surface area (Å²) in [6.45, 7) is 6.19. The number of rotatable bonds is 4. The van der Waals surface area contributed by atoms with Crippen molar-refractivity contribution in [2.45, 2.75) is 33.4 Å². The van der Waals surface area contributed by atoms with Crippen LogP contribution in [0.15, 0.2) is 12.4 Å². The van der Waals surface area contributed by atoms with Gasteiger partial charge in [-0.1, -0.05) is 11.6 Å². The zero-order valence-corrected chi connectivity index (χ0v) is 13.7. The van der Waals surface area contributed by atoms with Gasteiger partial charge in [-0.25, -0.2) is 0 Å². The van der Waals surface area contributed by atoms with E-state index in [1.807, 2.05) is 27.8 Å². The number of hydrogen-bond acceptors (Lipinski definition) is 3. The molecule has 6 nitrogen and oxygen atoms in total. The van der Waals surface area contributed by atoms with E-state index in [4.69, 9.17) is 11.6 Å². The lowest BCUT2D eigenvalue weighted by Gasteiger charge is -2.22. The van der Waals surface area contributed by atoms with Crippen LogP contribution < -0.4 is 0 Å². The Labute approximate surface area is 129 Å². The van der Waals surface area contributed by atoms with Crippen molar-refractivity contribution in [1.82, 2.24) is 24.5 Å². The van der Waals surface area contributed by atoms with Crippen molar-refractivity contribution in [1.29, 1.82) is 0 Å². The molecule has 0 fully saturated rings. The highest BCUT2D eigenvalue weighted by molar-refractivity contribution is 6.31. The summed E-state index contributed by atoms with van der Waals surface area (Å²) in [7, 11) is 3.67. The van der Waals surface area contributed by atoms with Gasteiger partial charge in [-0.3, -0.25) is 14.2 Å². The van der Waals surface area contributed by atoms with Crippen LogP contribution in [0.2, 0.25) is 5.02 Å². The van der Waals surface area contributed by atoms with Gasteiger partial charge in [-0.2, -0.15) is 10.2 Å². The topological polar surface area (TPSA) is 56.0 Å². The Balaban J connectivity index is 2.12. The molecule has 0 radical (unpaired) electrons. The highest BCUT2D eigenvalue weighted by atomic mass is 35.5. The van der Waals surface area contributed by atoms with Crippen molar-refractivity contribution < 1.29 is 4.79 Å². The lowest BCUT2D eigenvalue weighted by Crippen LogP contribution is -2.33. The molecular formula is C14H20ClN5O. The first-order valence-corrected chi connectivity index (χ1v) is 7.12. The second kappa shape index (κ2) is 5.89. The monoisotopic (exact) mass is 309 g/mol. The molecule has 0 bridgehead atoms. The zero-order chi connectivity index (χ0) is 15.7. The predicted molar refractivity (Wildman–Crippen MR) is 81.1 cm³/mol. The number of halogens is 1. The lowest BCUT2D eigenvalue weighted by atomic mass is 10.2. The predicted octanol–water partition coefficient (Wildman–Crippen LogP) is 2.11. The minimum atomic E-state index is -0.389. The van der Waals surface area contributed by atoms with Crippen LogP contribution in [0, 0.1) is 13.8 Å². The van der Waals surface area contributed by atoms with Crippen LogP contribution in [-0.4, -0.2) is 37.4 Å². The fourth-order valence-electron chi connectivity index (χ4n) is 2.25. The summed E-state index contributed by atoms with van der Waals surface area (Å²) in [5, 5.41) is 8.93. The molecule has 0 aliphatic heterocycles. The van der Waals surface area contributed by atoms with Crippen LogP contribution in [-0.2, 0) is 18.4 Å². The molecule has 2 heterocycles. The third-order valence-corrected chi connectivity index (χ3v) is 4.20. The molecule has 2 aromatic heterocycles. The van der Waals surface area contributed by atoms with Crippen LogP contribution in [0.25, 0.3) is 0 Å². The average molecular weight is 310 g/mol. The number of aryl methyl sites for hydroxylation is 1. The molecule has 0 aliphatic carbocycles. The minimum Gasteiger partial charge on any atom is -0.339 e. The number of hydrogen-bond donors (Lipinski definition) is 0. The Morgan fingerprint density at radius 1 is 1.33 bits per heavy atom. The summed E-state index contributed by atoms with van der Waals surface area (Å²) in [4.78, 5) is 14.2. The fourth-order valence-corrected chi connectivity index (χ4v) is 2.38. The Morgan fingerprint density at radius 3 is 2.48 bits per heavy atom. The van der Waals surface area contributed by atoms with E-state index in [0.29, 0.717) is 11.6 Å². The van der Waals surface area contributed by atoms with Gasteiger partial charge in [0.2, 0.25) is 5.91 Å². The van der Waals surface area contributed by atoms with Crippen molar-refractivity contribution in [2.75, 3.05) is 7.05 Å². The molecule has 2 aromatic rings. The number of aromatic nitrogens is 4. The number of carbonyl (C=O) groups excluding carboxylic acids is 1. The van der Waals surface area contributed by atoms with E-state index in [9.17, 15) is 4.79 Å². The van der Waals surface area contributed by atoms with Crippen LogP contribution in [0.4, 0.5) is 0 Å². The van der Waals surface area contributed by atoms with Crippen molar-refractivity contribution in [2.24, 2.45) is 7.05 Å². The molecule has 0 aliphatic rings. The molecule has 0 N–H and O–H groups in total. The molecule has 1 atom stereocenters. The minimum absolute atomic E-state index is 0.0129. The van der Waals surface area contributed by atoms with E-state index in [2.05, 4.69) is 10.2 Å².